The SMILES string of the molecule is CCC(C)(N)c1ccc(F)c(OC)c1. The average molecular weight is 197 g/mol. The molecule has 0 radical (unpaired) electrons. The van der Waals surface area contributed by atoms with E-state index in [-0.39, 0.29) is 11.6 Å². The van der Waals surface area contributed by atoms with E-state index in [0.29, 0.717) is 0 Å². The zero-order chi connectivity index (χ0) is 10.8. The zero-order valence-corrected chi connectivity index (χ0v) is 8.80. The summed E-state index contributed by atoms with van der Waals surface area (Å²) in [5.74, 6) is -0.115. The summed E-state index contributed by atoms with van der Waals surface area (Å²) < 4.78 is 18.0. The Hall–Kier alpha value is -1.09. The highest BCUT2D eigenvalue weighted by molar-refractivity contribution is 5.34. The number of halogens is 1. The lowest BCUT2D eigenvalue weighted by atomic mass is 9.90. The Morgan fingerprint density at radius 1 is 1.50 bits per heavy atom. The van der Waals surface area contributed by atoms with Crippen LogP contribution in [0, 0.1) is 5.82 Å². The molecular weight excluding hydrogens is 181 g/mol. The van der Waals surface area contributed by atoms with Crippen LogP contribution in [-0.4, -0.2) is 7.11 Å². The van der Waals surface area contributed by atoms with Gasteiger partial charge >= 0.3 is 0 Å². The first-order valence-corrected chi connectivity index (χ1v) is 4.64. The normalized spacial score (nSPS) is 14.9. The van der Waals surface area contributed by atoms with Crippen LogP contribution in [0.2, 0.25) is 0 Å². The molecule has 0 aliphatic rings. The molecule has 0 amide bonds. The molecule has 0 spiro atoms. The third-order valence-corrected chi connectivity index (χ3v) is 2.55. The minimum atomic E-state index is -0.430. The second-order valence-electron chi connectivity index (χ2n) is 3.62. The van der Waals surface area contributed by atoms with Crippen LogP contribution >= 0.6 is 0 Å². The van der Waals surface area contributed by atoms with Crippen molar-refractivity contribution in [3.63, 3.8) is 0 Å². The van der Waals surface area contributed by atoms with Crippen LogP contribution < -0.4 is 10.5 Å². The van der Waals surface area contributed by atoms with Gasteiger partial charge in [0.15, 0.2) is 11.6 Å². The van der Waals surface area contributed by atoms with Crippen LogP contribution in [0.4, 0.5) is 4.39 Å². The molecule has 0 aliphatic heterocycles. The molecule has 78 valence electrons. The molecule has 0 aromatic heterocycles. The van der Waals surface area contributed by atoms with Crippen molar-refractivity contribution in [2.75, 3.05) is 7.11 Å². The number of benzene rings is 1. The Morgan fingerprint density at radius 3 is 2.64 bits per heavy atom. The van der Waals surface area contributed by atoms with E-state index in [1.54, 1.807) is 12.1 Å². The Morgan fingerprint density at radius 2 is 2.14 bits per heavy atom. The summed E-state index contributed by atoms with van der Waals surface area (Å²) >= 11 is 0. The highest BCUT2D eigenvalue weighted by Gasteiger charge is 2.19. The summed E-state index contributed by atoms with van der Waals surface area (Å²) in [4.78, 5) is 0. The molecule has 0 heterocycles. The average Bonchev–Trinajstić information content (AvgIpc) is 2.18. The first kappa shape index (κ1) is 11.0. The van der Waals surface area contributed by atoms with Gasteiger partial charge in [-0.05, 0) is 31.0 Å². The molecule has 0 aliphatic carbocycles. The van der Waals surface area contributed by atoms with E-state index in [9.17, 15) is 4.39 Å². The van der Waals surface area contributed by atoms with Gasteiger partial charge in [0.05, 0.1) is 7.11 Å². The fourth-order valence-corrected chi connectivity index (χ4v) is 1.22. The Bertz CT molecular complexity index is 323. The maximum absolute atomic E-state index is 13.1. The van der Waals surface area contributed by atoms with E-state index in [1.807, 2.05) is 13.8 Å². The van der Waals surface area contributed by atoms with Crippen LogP contribution in [0.25, 0.3) is 0 Å². The highest BCUT2D eigenvalue weighted by atomic mass is 19.1. The molecule has 1 unspecified atom stereocenters. The molecule has 2 N–H and O–H groups in total. The molecule has 0 saturated carbocycles. The second kappa shape index (κ2) is 3.96. The van der Waals surface area contributed by atoms with Crippen molar-refractivity contribution in [1.82, 2.24) is 0 Å². The molecule has 1 aromatic rings. The Labute approximate surface area is 83.9 Å². The molecule has 2 nitrogen and oxygen atoms in total. The van der Waals surface area contributed by atoms with Crippen molar-refractivity contribution >= 4 is 0 Å². The fraction of sp³-hybridized carbons (Fsp3) is 0.455. The van der Waals surface area contributed by atoms with Crippen molar-refractivity contribution in [2.24, 2.45) is 5.73 Å². The Balaban J connectivity index is 3.12. The topological polar surface area (TPSA) is 35.2 Å². The number of methoxy groups -OCH3 is 1. The van der Waals surface area contributed by atoms with Crippen LogP contribution in [-0.2, 0) is 5.54 Å². The summed E-state index contributed by atoms with van der Waals surface area (Å²) in [6.07, 6.45) is 0.793. The van der Waals surface area contributed by atoms with Crippen LogP contribution in [0.15, 0.2) is 18.2 Å². The maximum atomic E-state index is 13.1. The van der Waals surface area contributed by atoms with Gasteiger partial charge in [-0.1, -0.05) is 13.0 Å². The smallest absolute Gasteiger partial charge is 0.165 e. The van der Waals surface area contributed by atoms with E-state index < -0.39 is 5.54 Å². The van der Waals surface area contributed by atoms with E-state index in [1.165, 1.54) is 13.2 Å². The van der Waals surface area contributed by atoms with Gasteiger partial charge in [0, 0.05) is 5.54 Å². The lowest BCUT2D eigenvalue weighted by molar-refractivity contribution is 0.382. The van der Waals surface area contributed by atoms with Crippen molar-refractivity contribution in [3.8, 4) is 5.75 Å². The van der Waals surface area contributed by atoms with Gasteiger partial charge in [-0.25, -0.2) is 4.39 Å². The van der Waals surface area contributed by atoms with Gasteiger partial charge in [0.25, 0.3) is 0 Å². The monoisotopic (exact) mass is 197 g/mol. The van der Waals surface area contributed by atoms with Gasteiger partial charge in [0.1, 0.15) is 0 Å². The van der Waals surface area contributed by atoms with Gasteiger partial charge in [0.2, 0.25) is 0 Å². The van der Waals surface area contributed by atoms with Crippen molar-refractivity contribution in [3.05, 3.63) is 29.6 Å². The van der Waals surface area contributed by atoms with Gasteiger partial charge in [-0.2, -0.15) is 0 Å². The highest BCUT2D eigenvalue weighted by Crippen LogP contribution is 2.26. The molecule has 3 heteroatoms. The van der Waals surface area contributed by atoms with Gasteiger partial charge in [-0.15, -0.1) is 0 Å². The minimum Gasteiger partial charge on any atom is -0.494 e. The summed E-state index contributed by atoms with van der Waals surface area (Å²) in [5, 5.41) is 0. The first-order chi connectivity index (χ1) is 6.51. The summed E-state index contributed by atoms with van der Waals surface area (Å²) in [6.45, 7) is 3.91. The number of hydrogen-bond donors (Lipinski definition) is 1. The lowest BCUT2D eigenvalue weighted by Crippen LogP contribution is -2.31. The lowest BCUT2D eigenvalue weighted by Gasteiger charge is -2.23. The summed E-state index contributed by atoms with van der Waals surface area (Å²) in [5.41, 5.74) is 6.49. The van der Waals surface area contributed by atoms with Crippen LogP contribution in [0.1, 0.15) is 25.8 Å². The predicted molar refractivity (Wildman–Crippen MR) is 54.8 cm³/mol. The van der Waals surface area contributed by atoms with Gasteiger partial charge < -0.3 is 10.5 Å². The Kier molecular flexibility index (Phi) is 3.11. The molecular formula is C11H16FNO. The molecule has 0 bridgehead atoms. The summed E-state index contributed by atoms with van der Waals surface area (Å²) in [7, 11) is 1.45. The quantitative estimate of drug-likeness (QED) is 0.807. The van der Waals surface area contributed by atoms with Crippen LogP contribution in [0.3, 0.4) is 0 Å². The molecule has 0 fully saturated rings. The molecule has 14 heavy (non-hydrogen) atoms. The third-order valence-electron chi connectivity index (χ3n) is 2.55. The van der Waals surface area contributed by atoms with E-state index in [0.717, 1.165) is 12.0 Å². The number of hydrogen-bond acceptors (Lipinski definition) is 2. The number of rotatable bonds is 3. The molecule has 1 rings (SSSR count). The zero-order valence-electron chi connectivity index (χ0n) is 8.80. The predicted octanol–water partition coefficient (Wildman–Crippen LogP) is 2.42. The van der Waals surface area contributed by atoms with E-state index >= 15 is 0 Å². The standard InChI is InChI=1S/C11H16FNO/c1-4-11(2,13)8-5-6-9(12)10(7-8)14-3/h5-7H,4,13H2,1-3H3. The van der Waals surface area contributed by atoms with Crippen molar-refractivity contribution in [2.45, 2.75) is 25.8 Å². The van der Waals surface area contributed by atoms with Crippen molar-refractivity contribution in [1.29, 1.82) is 0 Å². The third kappa shape index (κ3) is 2.04. The number of ether oxygens (including phenoxy) is 1. The fourth-order valence-electron chi connectivity index (χ4n) is 1.22. The second-order valence-corrected chi connectivity index (χ2v) is 3.62. The minimum absolute atomic E-state index is 0.243. The maximum Gasteiger partial charge on any atom is 0.165 e. The van der Waals surface area contributed by atoms with Crippen molar-refractivity contribution < 1.29 is 9.13 Å². The molecule has 1 aromatic carbocycles. The van der Waals surface area contributed by atoms with E-state index in [4.69, 9.17) is 10.5 Å². The first-order valence-electron chi connectivity index (χ1n) is 4.64. The largest absolute Gasteiger partial charge is 0.494 e. The van der Waals surface area contributed by atoms with Gasteiger partial charge in [-0.3, -0.25) is 0 Å². The van der Waals surface area contributed by atoms with Crippen LogP contribution in [0.5, 0.6) is 5.75 Å². The molecule has 0 saturated heterocycles. The van der Waals surface area contributed by atoms with E-state index in [2.05, 4.69) is 0 Å². The number of nitrogens with two attached hydrogens (primary N) is 1. The summed E-state index contributed by atoms with van der Waals surface area (Å²) in [6, 6.07) is 4.73. The molecule has 1 atom stereocenters.